The van der Waals surface area contributed by atoms with Crippen LogP contribution in [0.1, 0.15) is 20.7 Å². The number of hydrogen-bond acceptors (Lipinski definition) is 5. The first-order chi connectivity index (χ1) is 11.8. The second kappa shape index (κ2) is 7.69. The molecule has 0 aliphatic carbocycles. The van der Waals surface area contributed by atoms with Crippen molar-refractivity contribution < 1.29 is 19.6 Å². The van der Waals surface area contributed by atoms with E-state index in [0.717, 1.165) is 6.07 Å². The fourth-order valence-corrected chi connectivity index (χ4v) is 2.21. The number of carboxylic acids is 1. The Bertz CT molecular complexity index is 887. The summed E-state index contributed by atoms with van der Waals surface area (Å²) in [5, 5.41) is 24.7. The van der Waals surface area contributed by atoms with Gasteiger partial charge in [-0.05, 0) is 36.5 Å². The van der Waals surface area contributed by atoms with Gasteiger partial charge in [0.1, 0.15) is 0 Å². The molecule has 0 heterocycles. The zero-order valence-corrected chi connectivity index (χ0v) is 13.9. The maximum Gasteiger partial charge on any atom is 0.335 e. The van der Waals surface area contributed by atoms with Crippen molar-refractivity contribution in [3.05, 3.63) is 68.7 Å². The fraction of sp³-hybridized carbons (Fsp3) is 0. The van der Waals surface area contributed by atoms with E-state index in [1.807, 2.05) is 0 Å². The molecule has 128 valence electrons. The Balaban J connectivity index is 2.11. The predicted octanol–water partition coefficient (Wildman–Crippen LogP) is 3.07. The van der Waals surface area contributed by atoms with Gasteiger partial charge in [0.05, 0.1) is 21.2 Å². The van der Waals surface area contributed by atoms with Crippen LogP contribution < -0.4 is 10.6 Å². The standard InChI is InChI=1S/C15H10ClN3O5S/c16-11-5-4-9(14(21)22)7-12(11)17-15(25)18-13(20)8-2-1-3-10(6-8)19(23)24/h1-7H,(H,21,22)(H2,17,18,20,25). The molecule has 0 bridgehead atoms. The van der Waals surface area contributed by atoms with Gasteiger partial charge in [0.2, 0.25) is 0 Å². The van der Waals surface area contributed by atoms with Gasteiger partial charge in [-0.3, -0.25) is 20.2 Å². The number of nitro benzene ring substituents is 1. The van der Waals surface area contributed by atoms with Crippen LogP contribution in [0, 0.1) is 10.1 Å². The van der Waals surface area contributed by atoms with Gasteiger partial charge in [0.25, 0.3) is 11.6 Å². The van der Waals surface area contributed by atoms with E-state index in [2.05, 4.69) is 10.6 Å². The number of nitrogens with zero attached hydrogens (tertiary/aromatic N) is 1. The number of nitrogens with one attached hydrogen (secondary N) is 2. The van der Waals surface area contributed by atoms with E-state index in [1.54, 1.807) is 0 Å². The number of amides is 1. The van der Waals surface area contributed by atoms with Crippen molar-refractivity contribution in [3.63, 3.8) is 0 Å². The number of nitro groups is 1. The molecule has 0 aliphatic heterocycles. The van der Waals surface area contributed by atoms with Crippen LogP contribution in [-0.4, -0.2) is 27.0 Å². The molecule has 2 aromatic rings. The van der Waals surface area contributed by atoms with E-state index in [0.29, 0.717) is 0 Å². The molecule has 0 unspecified atom stereocenters. The van der Waals surface area contributed by atoms with E-state index >= 15 is 0 Å². The van der Waals surface area contributed by atoms with Gasteiger partial charge in [-0.25, -0.2) is 4.79 Å². The molecule has 2 rings (SSSR count). The van der Waals surface area contributed by atoms with Gasteiger partial charge >= 0.3 is 5.97 Å². The number of carbonyl (C=O) groups excluding carboxylic acids is 1. The van der Waals surface area contributed by atoms with E-state index in [9.17, 15) is 19.7 Å². The van der Waals surface area contributed by atoms with Crippen molar-refractivity contribution in [3.8, 4) is 0 Å². The minimum Gasteiger partial charge on any atom is -0.478 e. The first-order valence-corrected chi connectivity index (χ1v) is 7.46. The van der Waals surface area contributed by atoms with Crippen molar-refractivity contribution in [1.82, 2.24) is 5.32 Å². The van der Waals surface area contributed by atoms with Crippen molar-refractivity contribution >= 4 is 52.2 Å². The highest BCUT2D eigenvalue weighted by Gasteiger charge is 2.14. The molecule has 1 amide bonds. The molecular formula is C15H10ClN3O5S. The lowest BCUT2D eigenvalue weighted by Crippen LogP contribution is -2.34. The summed E-state index contributed by atoms with van der Waals surface area (Å²) in [7, 11) is 0. The monoisotopic (exact) mass is 379 g/mol. The van der Waals surface area contributed by atoms with E-state index < -0.39 is 16.8 Å². The van der Waals surface area contributed by atoms with Crippen molar-refractivity contribution in [1.29, 1.82) is 0 Å². The summed E-state index contributed by atoms with van der Waals surface area (Å²) in [5.41, 5.74) is -0.00177. The molecule has 25 heavy (non-hydrogen) atoms. The summed E-state index contributed by atoms with van der Waals surface area (Å²) >= 11 is 10.9. The molecule has 8 nitrogen and oxygen atoms in total. The highest BCUT2D eigenvalue weighted by Crippen LogP contribution is 2.23. The highest BCUT2D eigenvalue weighted by atomic mass is 35.5. The fourth-order valence-electron chi connectivity index (χ4n) is 1.84. The van der Waals surface area contributed by atoms with E-state index in [1.165, 1.54) is 36.4 Å². The number of anilines is 1. The second-order valence-corrected chi connectivity index (χ2v) is 5.53. The Hall–Kier alpha value is -3.04. The predicted molar refractivity (Wildman–Crippen MR) is 95.2 cm³/mol. The first kappa shape index (κ1) is 18.3. The largest absolute Gasteiger partial charge is 0.478 e. The lowest BCUT2D eigenvalue weighted by atomic mass is 10.2. The number of halogens is 1. The van der Waals surface area contributed by atoms with Crippen LogP contribution in [0.4, 0.5) is 11.4 Å². The number of non-ortho nitro benzene ring substituents is 1. The topological polar surface area (TPSA) is 122 Å². The maximum absolute atomic E-state index is 12.1. The maximum atomic E-state index is 12.1. The number of aromatic carboxylic acids is 1. The average molecular weight is 380 g/mol. The number of hydrogen-bond donors (Lipinski definition) is 3. The van der Waals surface area contributed by atoms with E-state index in [4.69, 9.17) is 28.9 Å². The summed E-state index contributed by atoms with van der Waals surface area (Å²) in [4.78, 5) is 33.2. The van der Waals surface area contributed by atoms with Crippen molar-refractivity contribution in [2.24, 2.45) is 0 Å². The summed E-state index contributed by atoms with van der Waals surface area (Å²) in [6.45, 7) is 0. The lowest BCUT2D eigenvalue weighted by molar-refractivity contribution is -0.384. The molecule has 0 saturated heterocycles. The molecule has 0 spiro atoms. The third kappa shape index (κ3) is 4.72. The Morgan fingerprint density at radius 3 is 2.52 bits per heavy atom. The number of thiocarbonyl (C=S) groups is 1. The Kier molecular flexibility index (Phi) is 5.63. The molecule has 10 heteroatoms. The number of benzene rings is 2. The van der Waals surface area contributed by atoms with Crippen LogP contribution in [0.3, 0.4) is 0 Å². The molecule has 0 aliphatic rings. The molecular weight excluding hydrogens is 370 g/mol. The van der Waals surface area contributed by atoms with Crippen LogP contribution in [-0.2, 0) is 0 Å². The van der Waals surface area contributed by atoms with E-state index in [-0.39, 0.29) is 32.6 Å². The lowest BCUT2D eigenvalue weighted by Gasteiger charge is -2.11. The zero-order valence-electron chi connectivity index (χ0n) is 12.4. The Labute approximate surface area is 151 Å². The zero-order chi connectivity index (χ0) is 18.6. The van der Waals surface area contributed by atoms with Gasteiger partial charge in [0.15, 0.2) is 5.11 Å². The summed E-state index contributed by atoms with van der Waals surface area (Å²) < 4.78 is 0. The quantitative estimate of drug-likeness (QED) is 0.424. The summed E-state index contributed by atoms with van der Waals surface area (Å²) in [6.07, 6.45) is 0. The van der Waals surface area contributed by atoms with Crippen LogP contribution in [0.5, 0.6) is 0 Å². The van der Waals surface area contributed by atoms with Crippen LogP contribution in [0.2, 0.25) is 5.02 Å². The van der Waals surface area contributed by atoms with Gasteiger partial charge < -0.3 is 10.4 Å². The Morgan fingerprint density at radius 1 is 1.16 bits per heavy atom. The third-order valence-corrected chi connectivity index (χ3v) is 3.54. The molecule has 0 atom stereocenters. The first-order valence-electron chi connectivity index (χ1n) is 6.67. The second-order valence-electron chi connectivity index (χ2n) is 4.72. The normalized spacial score (nSPS) is 9.96. The summed E-state index contributed by atoms with van der Waals surface area (Å²) in [6, 6.07) is 9.08. The molecule has 0 saturated carbocycles. The third-order valence-electron chi connectivity index (χ3n) is 3.01. The van der Waals surface area contributed by atoms with Crippen LogP contribution in [0.25, 0.3) is 0 Å². The van der Waals surface area contributed by atoms with Crippen molar-refractivity contribution in [2.45, 2.75) is 0 Å². The van der Waals surface area contributed by atoms with Gasteiger partial charge in [-0.1, -0.05) is 17.7 Å². The highest BCUT2D eigenvalue weighted by molar-refractivity contribution is 7.80. The minimum atomic E-state index is -1.15. The molecule has 3 N–H and O–H groups in total. The number of carboxylic acid groups (broad SMARTS) is 1. The van der Waals surface area contributed by atoms with Crippen molar-refractivity contribution in [2.75, 3.05) is 5.32 Å². The smallest absolute Gasteiger partial charge is 0.335 e. The summed E-state index contributed by atoms with van der Waals surface area (Å²) in [5.74, 6) is -1.81. The number of carbonyl (C=O) groups is 2. The SMILES string of the molecule is O=C(O)c1ccc(Cl)c(NC(=S)NC(=O)c2cccc([N+](=O)[O-])c2)c1. The van der Waals surface area contributed by atoms with Gasteiger partial charge in [-0.15, -0.1) is 0 Å². The van der Waals surface area contributed by atoms with Gasteiger partial charge in [-0.2, -0.15) is 0 Å². The van der Waals surface area contributed by atoms with Crippen LogP contribution >= 0.6 is 23.8 Å². The minimum absolute atomic E-state index is 0.0142. The van der Waals surface area contributed by atoms with Gasteiger partial charge in [0, 0.05) is 17.7 Å². The Morgan fingerprint density at radius 2 is 1.88 bits per heavy atom. The molecule has 0 radical (unpaired) electrons. The number of rotatable bonds is 4. The average Bonchev–Trinajstić information content (AvgIpc) is 2.56. The molecule has 0 aromatic heterocycles. The molecule has 2 aromatic carbocycles. The van der Waals surface area contributed by atoms with Crippen LogP contribution in [0.15, 0.2) is 42.5 Å². The molecule has 0 fully saturated rings.